The van der Waals surface area contributed by atoms with Gasteiger partial charge in [-0.05, 0) is 36.2 Å². The summed E-state index contributed by atoms with van der Waals surface area (Å²) in [4.78, 5) is 26.7. The second kappa shape index (κ2) is 8.65. The third-order valence-electron chi connectivity index (χ3n) is 4.65. The topological polar surface area (TPSA) is 77.1 Å². The number of nitrogens with one attached hydrogen (secondary N) is 1. The van der Waals surface area contributed by atoms with Gasteiger partial charge in [-0.25, -0.2) is 0 Å². The van der Waals surface area contributed by atoms with Gasteiger partial charge in [-0.3, -0.25) is 9.59 Å². The molecule has 148 valence electrons. The number of carbonyl (C=O) groups is 2. The largest absolute Gasteiger partial charge is 0.497 e. The van der Waals surface area contributed by atoms with E-state index in [1.807, 2.05) is 30.3 Å². The summed E-state index contributed by atoms with van der Waals surface area (Å²) in [5.41, 5.74) is 1.62. The fourth-order valence-corrected chi connectivity index (χ4v) is 3.17. The Balaban J connectivity index is 1.77. The first-order valence-corrected chi connectivity index (χ1v) is 9.05. The summed E-state index contributed by atoms with van der Waals surface area (Å²) in [7, 11) is 4.73. The number of likely N-dealkylation sites (N-methyl/N-ethyl adjacent to an activating group) is 1. The standard InChI is InChI=1S/C21H24N2O5/c1-22-21(25)19-13-23(17-6-4-5-7-18(17)28-19)20(24)9-8-14-10-15(26-2)12-16(11-14)27-3/h4-7,10-12,19H,8-9,13H2,1-3H3,(H,22,25)/t19-/m1/s1. The summed E-state index contributed by atoms with van der Waals surface area (Å²) < 4.78 is 16.3. The minimum absolute atomic E-state index is 0.0774. The van der Waals surface area contributed by atoms with Crippen LogP contribution in [0.1, 0.15) is 12.0 Å². The van der Waals surface area contributed by atoms with Crippen LogP contribution in [-0.4, -0.2) is 45.7 Å². The molecule has 28 heavy (non-hydrogen) atoms. The molecule has 7 heteroatoms. The number of hydrogen-bond acceptors (Lipinski definition) is 5. The molecule has 0 aromatic heterocycles. The van der Waals surface area contributed by atoms with Crippen LogP contribution in [0.5, 0.6) is 17.2 Å². The van der Waals surface area contributed by atoms with Crippen LogP contribution in [0, 0.1) is 0 Å². The first kappa shape index (κ1) is 19.5. The van der Waals surface area contributed by atoms with E-state index in [9.17, 15) is 9.59 Å². The van der Waals surface area contributed by atoms with Gasteiger partial charge in [0, 0.05) is 19.5 Å². The molecule has 1 N–H and O–H groups in total. The number of para-hydroxylation sites is 2. The van der Waals surface area contributed by atoms with Crippen molar-refractivity contribution in [2.24, 2.45) is 0 Å². The van der Waals surface area contributed by atoms with Gasteiger partial charge in [-0.15, -0.1) is 0 Å². The molecule has 0 aliphatic carbocycles. The molecule has 0 saturated heterocycles. The fourth-order valence-electron chi connectivity index (χ4n) is 3.17. The summed E-state index contributed by atoms with van der Waals surface area (Å²) in [6.45, 7) is 0.178. The van der Waals surface area contributed by atoms with Crippen molar-refractivity contribution in [1.29, 1.82) is 0 Å². The number of benzene rings is 2. The van der Waals surface area contributed by atoms with Crippen molar-refractivity contribution < 1.29 is 23.8 Å². The molecular weight excluding hydrogens is 360 g/mol. The van der Waals surface area contributed by atoms with Crippen LogP contribution >= 0.6 is 0 Å². The Morgan fingerprint density at radius 3 is 2.46 bits per heavy atom. The third-order valence-corrected chi connectivity index (χ3v) is 4.65. The zero-order valence-corrected chi connectivity index (χ0v) is 16.2. The minimum Gasteiger partial charge on any atom is -0.497 e. The van der Waals surface area contributed by atoms with Crippen molar-refractivity contribution in [2.75, 3.05) is 32.7 Å². The maximum atomic E-state index is 13.0. The average Bonchev–Trinajstić information content (AvgIpc) is 2.75. The molecule has 2 amide bonds. The molecule has 1 heterocycles. The van der Waals surface area contributed by atoms with Crippen LogP contribution in [0.3, 0.4) is 0 Å². The number of amides is 2. The molecule has 1 aliphatic heterocycles. The first-order valence-electron chi connectivity index (χ1n) is 9.05. The highest BCUT2D eigenvalue weighted by molar-refractivity contribution is 5.97. The van der Waals surface area contributed by atoms with Crippen LogP contribution in [0.15, 0.2) is 42.5 Å². The smallest absolute Gasteiger partial charge is 0.262 e. The molecule has 2 aromatic carbocycles. The Morgan fingerprint density at radius 2 is 1.82 bits per heavy atom. The maximum Gasteiger partial charge on any atom is 0.262 e. The lowest BCUT2D eigenvalue weighted by atomic mass is 10.1. The number of fused-ring (bicyclic) bond motifs is 1. The van der Waals surface area contributed by atoms with Crippen molar-refractivity contribution in [3.8, 4) is 17.2 Å². The van der Waals surface area contributed by atoms with Crippen LogP contribution in [-0.2, 0) is 16.0 Å². The monoisotopic (exact) mass is 384 g/mol. The molecule has 2 aromatic rings. The van der Waals surface area contributed by atoms with E-state index in [0.29, 0.717) is 29.4 Å². The second-order valence-corrected chi connectivity index (χ2v) is 6.41. The van der Waals surface area contributed by atoms with Gasteiger partial charge in [0.05, 0.1) is 26.5 Å². The van der Waals surface area contributed by atoms with E-state index in [4.69, 9.17) is 14.2 Å². The molecule has 0 fully saturated rings. The van der Waals surface area contributed by atoms with Gasteiger partial charge in [-0.2, -0.15) is 0 Å². The van der Waals surface area contributed by atoms with Crippen molar-refractivity contribution >= 4 is 17.5 Å². The van der Waals surface area contributed by atoms with E-state index >= 15 is 0 Å². The molecule has 7 nitrogen and oxygen atoms in total. The maximum absolute atomic E-state index is 13.0. The van der Waals surface area contributed by atoms with Gasteiger partial charge in [0.15, 0.2) is 6.10 Å². The van der Waals surface area contributed by atoms with Crippen molar-refractivity contribution in [2.45, 2.75) is 18.9 Å². The van der Waals surface area contributed by atoms with Crippen LogP contribution in [0.4, 0.5) is 5.69 Å². The van der Waals surface area contributed by atoms with Crippen molar-refractivity contribution in [3.05, 3.63) is 48.0 Å². The number of hydrogen-bond donors (Lipinski definition) is 1. The fraction of sp³-hybridized carbons (Fsp3) is 0.333. The molecule has 1 atom stereocenters. The van der Waals surface area contributed by atoms with E-state index in [1.165, 1.54) is 0 Å². The van der Waals surface area contributed by atoms with E-state index < -0.39 is 6.10 Å². The predicted octanol–water partition coefficient (Wildman–Crippen LogP) is 2.18. The number of nitrogens with zero attached hydrogens (tertiary/aromatic N) is 1. The number of aryl methyl sites for hydroxylation is 1. The van der Waals surface area contributed by atoms with Crippen LogP contribution in [0.2, 0.25) is 0 Å². The van der Waals surface area contributed by atoms with E-state index in [1.54, 1.807) is 38.3 Å². The van der Waals surface area contributed by atoms with Gasteiger partial charge >= 0.3 is 0 Å². The lowest BCUT2D eigenvalue weighted by Gasteiger charge is -2.34. The summed E-state index contributed by atoms with van der Waals surface area (Å²) in [6.07, 6.45) is 0.0718. The molecule has 0 radical (unpaired) electrons. The van der Waals surface area contributed by atoms with Crippen LogP contribution in [0.25, 0.3) is 0 Å². The van der Waals surface area contributed by atoms with Crippen LogP contribution < -0.4 is 24.4 Å². The molecule has 0 spiro atoms. The number of anilines is 1. The molecular formula is C21H24N2O5. The highest BCUT2D eigenvalue weighted by Gasteiger charge is 2.33. The average molecular weight is 384 g/mol. The third kappa shape index (κ3) is 4.19. The highest BCUT2D eigenvalue weighted by atomic mass is 16.5. The minimum atomic E-state index is -0.735. The first-order chi connectivity index (χ1) is 13.5. The number of methoxy groups -OCH3 is 2. The Bertz CT molecular complexity index is 845. The van der Waals surface area contributed by atoms with Gasteiger partial charge in [0.25, 0.3) is 5.91 Å². The summed E-state index contributed by atoms with van der Waals surface area (Å²) in [6, 6.07) is 12.8. The van der Waals surface area contributed by atoms with Gasteiger partial charge < -0.3 is 24.4 Å². The highest BCUT2D eigenvalue weighted by Crippen LogP contribution is 2.34. The SMILES string of the molecule is CNC(=O)[C@H]1CN(C(=O)CCc2cc(OC)cc(OC)c2)c2ccccc2O1. The Kier molecular flexibility index (Phi) is 6.03. The lowest BCUT2D eigenvalue weighted by molar-refractivity contribution is -0.127. The zero-order chi connectivity index (χ0) is 20.1. The Labute approximate surface area is 164 Å². The second-order valence-electron chi connectivity index (χ2n) is 6.41. The Morgan fingerprint density at radius 1 is 1.14 bits per heavy atom. The lowest BCUT2D eigenvalue weighted by Crippen LogP contribution is -2.50. The molecule has 0 bridgehead atoms. The summed E-state index contributed by atoms with van der Waals surface area (Å²) in [5, 5.41) is 2.58. The van der Waals surface area contributed by atoms with Gasteiger partial charge in [-0.1, -0.05) is 12.1 Å². The van der Waals surface area contributed by atoms with E-state index in [-0.39, 0.29) is 24.8 Å². The number of ether oxygens (including phenoxy) is 3. The molecule has 1 aliphatic rings. The predicted molar refractivity (Wildman–Crippen MR) is 105 cm³/mol. The molecule has 3 rings (SSSR count). The number of carbonyl (C=O) groups excluding carboxylic acids is 2. The van der Waals surface area contributed by atoms with E-state index in [2.05, 4.69) is 5.32 Å². The zero-order valence-electron chi connectivity index (χ0n) is 16.2. The van der Waals surface area contributed by atoms with Gasteiger partial charge in [0.1, 0.15) is 17.2 Å². The number of rotatable bonds is 6. The van der Waals surface area contributed by atoms with Crippen molar-refractivity contribution in [3.63, 3.8) is 0 Å². The molecule has 0 unspecified atom stereocenters. The van der Waals surface area contributed by atoms with Crippen molar-refractivity contribution in [1.82, 2.24) is 5.32 Å². The van der Waals surface area contributed by atoms with Gasteiger partial charge in [0.2, 0.25) is 5.91 Å². The normalized spacial score (nSPS) is 15.2. The quantitative estimate of drug-likeness (QED) is 0.826. The summed E-state index contributed by atoms with van der Waals surface area (Å²) >= 11 is 0. The Hall–Kier alpha value is -3.22. The van der Waals surface area contributed by atoms with E-state index in [0.717, 1.165) is 5.56 Å². The summed E-state index contributed by atoms with van der Waals surface area (Å²) in [5.74, 6) is 1.55. The molecule has 0 saturated carbocycles.